The van der Waals surface area contributed by atoms with Crippen LogP contribution >= 0.6 is 11.3 Å². The van der Waals surface area contributed by atoms with Crippen LogP contribution in [0.3, 0.4) is 0 Å². The van der Waals surface area contributed by atoms with Crippen LogP contribution in [0.1, 0.15) is 34.4 Å². The molecule has 0 bridgehead atoms. The molecule has 0 unspecified atom stereocenters. The van der Waals surface area contributed by atoms with E-state index in [4.69, 9.17) is 9.47 Å². The smallest absolute Gasteiger partial charge is 0.249 e. The molecule has 1 aliphatic carbocycles. The number of nitrogens with one attached hydrogen (secondary N) is 1. The molecule has 2 aromatic rings. The number of carbonyl (C=O) groups excluding carboxylic acids is 1. The lowest BCUT2D eigenvalue weighted by Crippen LogP contribution is -2.07. The molecule has 26 heavy (non-hydrogen) atoms. The monoisotopic (exact) mass is 368 g/mol. The highest BCUT2D eigenvalue weighted by Gasteiger charge is 2.21. The number of hydrogen-bond acceptors (Lipinski definition) is 5. The summed E-state index contributed by atoms with van der Waals surface area (Å²) in [5.74, 6) is 1.05. The molecule has 6 heteroatoms. The Morgan fingerprint density at radius 3 is 2.54 bits per heavy atom. The predicted molar refractivity (Wildman–Crippen MR) is 103 cm³/mol. The van der Waals surface area contributed by atoms with Crippen molar-refractivity contribution >= 4 is 28.3 Å². The topological polar surface area (TPSA) is 71.3 Å². The fourth-order valence-electron chi connectivity index (χ4n) is 3.02. The summed E-state index contributed by atoms with van der Waals surface area (Å²) < 4.78 is 10.5. The fraction of sp³-hybridized carbons (Fsp3) is 0.300. The number of ether oxygens (including phenoxy) is 2. The second-order valence-corrected chi connectivity index (χ2v) is 7.10. The number of anilines is 1. The number of benzene rings is 1. The number of nitriles is 1. The molecule has 1 aliphatic rings. The van der Waals surface area contributed by atoms with Crippen LogP contribution in [0, 0.1) is 11.3 Å². The first-order valence-corrected chi connectivity index (χ1v) is 9.23. The molecule has 1 heterocycles. The summed E-state index contributed by atoms with van der Waals surface area (Å²) in [6, 6.07) is 7.65. The van der Waals surface area contributed by atoms with Gasteiger partial charge in [0.05, 0.1) is 19.8 Å². The van der Waals surface area contributed by atoms with Gasteiger partial charge in [0.2, 0.25) is 5.91 Å². The molecule has 0 atom stereocenters. The molecule has 5 nitrogen and oxygen atoms in total. The maximum absolute atomic E-state index is 12.3. The van der Waals surface area contributed by atoms with Crippen molar-refractivity contribution in [2.75, 3.05) is 19.5 Å². The molecule has 0 spiro atoms. The van der Waals surface area contributed by atoms with Crippen molar-refractivity contribution in [1.29, 1.82) is 5.26 Å². The van der Waals surface area contributed by atoms with Gasteiger partial charge >= 0.3 is 0 Å². The highest BCUT2D eigenvalue weighted by molar-refractivity contribution is 7.16. The summed E-state index contributed by atoms with van der Waals surface area (Å²) in [5.41, 5.74) is 2.53. The summed E-state index contributed by atoms with van der Waals surface area (Å²) in [6.07, 6.45) is 7.30. The van der Waals surface area contributed by atoms with Crippen LogP contribution in [0.25, 0.3) is 6.08 Å². The minimum atomic E-state index is -0.262. The summed E-state index contributed by atoms with van der Waals surface area (Å²) in [5, 5.41) is 13.0. The maximum Gasteiger partial charge on any atom is 0.249 e. The molecule has 0 saturated carbocycles. The van der Waals surface area contributed by atoms with E-state index >= 15 is 0 Å². The number of amides is 1. The standard InChI is InChI=1S/C20H20N2O3S/c1-24-14-9-13(10-15(11-14)25-2)7-8-19(23)22-20-17(12-21)16-5-3-4-6-18(16)26-20/h7-11H,3-6H2,1-2H3,(H,22,23)/b8-7+. The van der Waals surface area contributed by atoms with Crippen molar-refractivity contribution in [3.63, 3.8) is 0 Å². The zero-order chi connectivity index (χ0) is 18.5. The second-order valence-electron chi connectivity index (χ2n) is 6.00. The molecule has 1 amide bonds. The van der Waals surface area contributed by atoms with Crippen LogP contribution in [0.5, 0.6) is 11.5 Å². The molecule has 1 aromatic carbocycles. The van der Waals surface area contributed by atoms with Crippen LogP contribution < -0.4 is 14.8 Å². The summed E-state index contributed by atoms with van der Waals surface area (Å²) in [7, 11) is 3.16. The van der Waals surface area contributed by atoms with Crippen molar-refractivity contribution in [3.8, 4) is 17.6 Å². The molecule has 134 valence electrons. The molecule has 0 aliphatic heterocycles. The Hall–Kier alpha value is -2.78. The van der Waals surface area contributed by atoms with Gasteiger partial charge in [-0.25, -0.2) is 0 Å². The number of nitrogens with zero attached hydrogens (tertiary/aromatic N) is 1. The van der Waals surface area contributed by atoms with Gasteiger partial charge in [-0.3, -0.25) is 4.79 Å². The summed E-state index contributed by atoms with van der Waals surface area (Å²) >= 11 is 1.52. The van der Waals surface area contributed by atoms with Crippen molar-refractivity contribution in [2.45, 2.75) is 25.7 Å². The zero-order valence-electron chi connectivity index (χ0n) is 14.8. The van der Waals surface area contributed by atoms with Crippen molar-refractivity contribution < 1.29 is 14.3 Å². The molecular weight excluding hydrogens is 348 g/mol. The quantitative estimate of drug-likeness (QED) is 0.804. The van der Waals surface area contributed by atoms with E-state index in [1.807, 2.05) is 12.1 Å². The van der Waals surface area contributed by atoms with Gasteiger partial charge in [-0.15, -0.1) is 11.3 Å². The van der Waals surface area contributed by atoms with E-state index in [0.717, 1.165) is 36.8 Å². The number of methoxy groups -OCH3 is 2. The maximum atomic E-state index is 12.3. The van der Waals surface area contributed by atoms with E-state index in [9.17, 15) is 10.1 Å². The Morgan fingerprint density at radius 1 is 1.19 bits per heavy atom. The van der Waals surface area contributed by atoms with E-state index < -0.39 is 0 Å². The SMILES string of the molecule is COc1cc(/C=C/C(=O)Nc2sc3c(c2C#N)CCCC3)cc(OC)c1. The number of carbonyl (C=O) groups is 1. The zero-order valence-corrected chi connectivity index (χ0v) is 15.6. The molecule has 0 fully saturated rings. The summed E-state index contributed by atoms with van der Waals surface area (Å²) in [4.78, 5) is 13.5. The first kappa shape index (κ1) is 18.0. The third-order valence-corrected chi connectivity index (χ3v) is 5.53. The third kappa shape index (κ3) is 3.89. The van der Waals surface area contributed by atoms with Crippen LogP contribution in [0.2, 0.25) is 0 Å². The molecule has 1 N–H and O–H groups in total. The van der Waals surface area contributed by atoms with Gasteiger partial charge in [0.25, 0.3) is 0 Å². The minimum absolute atomic E-state index is 0.262. The Balaban J connectivity index is 1.76. The van der Waals surface area contributed by atoms with Gasteiger partial charge in [0.15, 0.2) is 0 Å². The van der Waals surface area contributed by atoms with Gasteiger partial charge < -0.3 is 14.8 Å². The number of hydrogen-bond donors (Lipinski definition) is 1. The van der Waals surface area contributed by atoms with Crippen molar-refractivity contribution in [3.05, 3.63) is 45.8 Å². The van der Waals surface area contributed by atoms with E-state index in [1.165, 1.54) is 22.3 Å². The largest absolute Gasteiger partial charge is 0.497 e. The number of aryl methyl sites for hydroxylation is 1. The van der Waals surface area contributed by atoms with Gasteiger partial charge in [-0.05, 0) is 55.0 Å². The van der Waals surface area contributed by atoms with E-state index in [1.54, 1.807) is 26.4 Å². The Labute approximate surface area is 156 Å². The van der Waals surface area contributed by atoms with Crippen LogP contribution in [0.15, 0.2) is 24.3 Å². The number of thiophene rings is 1. The molecular formula is C20H20N2O3S. The van der Waals surface area contributed by atoms with E-state index in [-0.39, 0.29) is 5.91 Å². The van der Waals surface area contributed by atoms with Gasteiger partial charge in [0.1, 0.15) is 22.6 Å². The fourth-order valence-corrected chi connectivity index (χ4v) is 4.27. The Bertz CT molecular complexity index is 871. The van der Waals surface area contributed by atoms with E-state index in [2.05, 4.69) is 11.4 Å². The second kappa shape index (κ2) is 8.07. The van der Waals surface area contributed by atoms with Gasteiger partial charge in [-0.2, -0.15) is 5.26 Å². The van der Waals surface area contributed by atoms with Crippen LogP contribution in [-0.2, 0) is 17.6 Å². The van der Waals surface area contributed by atoms with Gasteiger partial charge in [-0.1, -0.05) is 0 Å². The predicted octanol–water partition coefficient (Wildman–Crippen LogP) is 4.17. The van der Waals surface area contributed by atoms with Crippen molar-refractivity contribution in [2.24, 2.45) is 0 Å². The lowest BCUT2D eigenvalue weighted by atomic mass is 9.96. The summed E-state index contributed by atoms with van der Waals surface area (Å²) in [6.45, 7) is 0. The third-order valence-electron chi connectivity index (χ3n) is 4.32. The molecule has 3 rings (SSSR count). The van der Waals surface area contributed by atoms with Gasteiger partial charge in [0, 0.05) is 17.0 Å². The first-order chi connectivity index (χ1) is 12.6. The minimum Gasteiger partial charge on any atom is -0.497 e. The Morgan fingerprint density at radius 2 is 1.88 bits per heavy atom. The van der Waals surface area contributed by atoms with Crippen molar-refractivity contribution in [1.82, 2.24) is 0 Å². The highest BCUT2D eigenvalue weighted by Crippen LogP contribution is 2.37. The van der Waals surface area contributed by atoms with Crippen LogP contribution in [-0.4, -0.2) is 20.1 Å². The molecule has 0 saturated heterocycles. The Kier molecular flexibility index (Phi) is 5.59. The number of fused-ring (bicyclic) bond motifs is 1. The lowest BCUT2D eigenvalue weighted by molar-refractivity contribution is -0.111. The normalized spacial score (nSPS) is 13.1. The van der Waals surface area contributed by atoms with E-state index in [0.29, 0.717) is 22.1 Å². The highest BCUT2D eigenvalue weighted by atomic mass is 32.1. The lowest BCUT2D eigenvalue weighted by Gasteiger charge is -2.09. The van der Waals surface area contributed by atoms with Crippen LogP contribution in [0.4, 0.5) is 5.00 Å². The number of rotatable bonds is 5. The molecule has 0 radical (unpaired) electrons. The first-order valence-electron chi connectivity index (χ1n) is 8.41. The average molecular weight is 368 g/mol. The average Bonchev–Trinajstić information content (AvgIpc) is 3.02. The molecule has 1 aromatic heterocycles.